The zero-order valence-corrected chi connectivity index (χ0v) is 13.0. The molecule has 2 bridgehead atoms. The van der Waals surface area contributed by atoms with Crippen molar-refractivity contribution < 1.29 is 17.6 Å². The van der Waals surface area contributed by atoms with E-state index in [0.717, 1.165) is 31.4 Å². The van der Waals surface area contributed by atoms with Gasteiger partial charge in [0.05, 0.1) is 4.90 Å². The van der Waals surface area contributed by atoms with Crippen molar-refractivity contribution in [3.63, 3.8) is 0 Å². The maximum atomic E-state index is 13.7. The van der Waals surface area contributed by atoms with Gasteiger partial charge < -0.3 is 4.90 Å². The molecular formula is C14H15ClFNO3S. The summed E-state index contributed by atoms with van der Waals surface area (Å²) in [6.45, 7) is 2.15. The first-order valence-corrected chi connectivity index (χ1v) is 9.14. The van der Waals surface area contributed by atoms with E-state index in [9.17, 15) is 17.6 Å². The molecule has 1 aliphatic heterocycles. The molecular weight excluding hydrogens is 317 g/mol. The van der Waals surface area contributed by atoms with Gasteiger partial charge in [-0.1, -0.05) is 0 Å². The average Bonchev–Trinajstić information content (AvgIpc) is 3.01. The molecule has 1 saturated heterocycles. The molecule has 2 aliphatic rings. The van der Waals surface area contributed by atoms with Crippen LogP contribution in [0, 0.1) is 18.7 Å². The van der Waals surface area contributed by atoms with Gasteiger partial charge in [0.2, 0.25) is 0 Å². The highest BCUT2D eigenvalue weighted by molar-refractivity contribution is 8.13. The highest BCUT2D eigenvalue weighted by Gasteiger charge is 2.41. The van der Waals surface area contributed by atoms with Crippen LogP contribution < -0.4 is 0 Å². The topological polar surface area (TPSA) is 54.5 Å². The smallest absolute Gasteiger partial charge is 0.261 e. The highest BCUT2D eigenvalue weighted by Crippen LogP contribution is 2.38. The summed E-state index contributed by atoms with van der Waals surface area (Å²) < 4.78 is 36.7. The first kappa shape index (κ1) is 14.8. The Labute approximate surface area is 127 Å². The van der Waals surface area contributed by atoms with Gasteiger partial charge in [-0.15, -0.1) is 0 Å². The SMILES string of the molecule is Cc1c(C(=O)N2CC3CCC2C3)cc(F)cc1S(=O)(=O)Cl. The fourth-order valence-electron chi connectivity index (χ4n) is 3.46. The Kier molecular flexibility index (Phi) is 3.48. The number of fused-ring (bicyclic) bond motifs is 2. The zero-order chi connectivity index (χ0) is 15.4. The van der Waals surface area contributed by atoms with Gasteiger partial charge in [-0.2, -0.15) is 0 Å². The van der Waals surface area contributed by atoms with E-state index in [1.54, 1.807) is 4.90 Å². The third-order valence-corrected chi connectivity index (χ3v) is 5.94. The van der Waals surface area contributed by atoms with E-state index in [1.165, 1.54) is 6.92 Å². The number of carbonyl (C=O) groups excluding carboxylic acids is 1. The minimum absolute atomic E-state index is 0.0850. The van der Waals surface area contributed by atoms with Crippen LogP contribution >= 0.6 is 10.7 Å². The van der Waals surface area contributed by atoms with Crippen molar-refractivity contribution in [3.8, 4) is 0 Å². The Hall–Kier alpha value is -1.14. The standard InChI is InChI=1S/C14H15ClFNO3S/c1-8-12(5-10(16)6-13(8)21(15,19)20)14(18)17-7-9-2-3-11(17)4-9/h5-6,9,11H,2-4,7H2,1H3. The normalized spacial score (nSPS) is 24.6. The third kappa shape index (κ3) is 2.55. The predicted molar refractivity (Wildman–Crippen MR) is 76.3 cm³/mol. The van der Waals surface area contributed by atoms with Crippen LogP contribution in [-0.2, 0) is 9.05 Å². The second kappa shape index (κ2) is 4.95. The molecule has 114 valence electrons. The maximum absolute atomic E-state index is 13.7. The second-order valence-electron chi connectivity index (χ2n) is 5.80. The van der Waals surface area contributed by atoms with E-state index in [0.29, 0.717) is 12.5 Å². The molecule has 0 N–H and O–H groups in total. The van der Waals surface area contributed by atoms with Crippen molar-refractivity contribution in [1.29, 1.82) is 0 Å². The third-order valence-electron chi connectivity index (χ3n) is 4.49. The molecule has 1 aromatic rings. The van der Waals surface area contributed by atoms with Crippen molar-refractivity contribution in [3.05, 3.63) is 29.1 Å². The maximum Gasteiger partial charge on any atom is 0.261 e. The molecule has 2 unspecified atom stereocenters. The highest BCUT2D eigenvalue weighted by atomic mass is 35.7. The molecule has 1 amide bonds. The first-order chi connectivity index (χ1) is 9.77. The van der Waals surface area contributed by atoms with Gasteiger partial charge in [0.25, 0.3) is 15.0 Å². The van der Waals surface area contributed by atoms with Gasteiger partial charge in [0, 0.05) is 28.8 Å². The number of piperidine rings is 1. The van der Waals surface area contributed by atoms with Crippen LogP contribution in [0.4, 0.5) is 4.39 Å². The summed E-state index contributed by atoms with van der Waals surface area (Å²) in [5.74, 6) is -0.558. The number of benzene rings is 1. The minimum atomic E-state index is -4.08. The lowest BCUT2D eigenvalue weighted by Gasteiger charge is -2.27. The van der Waals surface area contributed by atoms with E-state index in [-0.39, 0.29) is 28.0 Å². The van der Waals surface area contributed by atoms with E-state index < -0.39 is 14.9 Å². The molecule has 3 rings (SSSR count). The molecule has 4 nitrogen and oxygen atoms in total. The Morgan fingerprint density at radius 1 is 1.38 bits per heavy atom. The van der Waals surface area contributed by atoms with Crippen LogP contribution in [0.25, 0.3) is 0 Å². The Bertz CT molecular complexity index is 719. The van der Waals surface area contributed by atoms with Gasteiger partial charge in [0.1, 0.15) is 5.82 Å². The number of carbonyl (C=O) groups is 1. The number of hydrogen-bond donors (Lipinski definition) is 0. The average molecular weight is 332 g/mol. The summed E-state index contributed by atoms with van der Waals surface area (Å²) in [5.41, 5.74) is 0.293. The fraction of sp³-hybridized carbons (Fsp3) is 0.500. The van der Waals surface area contributed by atoms with Crippen molar-refractivity contribution in [2.75, 3.05) is 6.54 Å². The first-order valence-electron chi connectivity index (χ1n) is 6.83. The lowest BCUT2D eigenvalue weighted by molar-refractivity contribution is 0.0702. The summed E-state index contributed by atoms with van der Waals surface area (Å²) in [6, 6.07) is 2.14. The lowest BCUT2D eigenvalue weighted by atomic mass is 10.0. The zero-order valence-electron chi connectivity index (χ0n) is 11.5. The van der Waals surface area contributed by atoms with Gasteiger partial charge in [0.15, 0.2) is 0 Å². The van der Waals surface area contributed by atoms with Crippen molar-refractivity contribution in [1.82, 2.24) is 4.90 Å². The van der Waals surface area contributed by atoms with Crippen LogP contribution in [-0.4, -0.2) is 31.8 Å². The van der Waals surface area contributed by atoms with E-state index >= 15 is 0 Å². The van der Waals surface area contributed by atoms with Gasteiger partial charge in [-0.25, -0.2) is 12.8 Å². The van der Waals surface area contributed by atoms with Crippen LogP contribution in [0.3, 0.4) is 0 Å². The number of halogens is 2. The molecule has 1 aliphatic carbocycles. The van der Waals surface area contributed by atoms with Gasteiger partial charge in [-0.3, -0.25) is 4.79 Å². The minimum Gasteiger partial charge on any atom is -0.335 e. The number of rotatable bonds is 2. The van der Waals surface area contributed by atoms with Crippen LogP contribution in [0.15, 0.2) is 17.0 Å². The summed E-state index contributed by atoms with van der Waals surface area (Å²) >= 11 is 0. The van der Waals surface area contributed by atoms with Crippen LogP contribution in [0.5, 0.6) is 0 Å². The Morgan fingerprint density at radius 3 is 2.62 bits per heavy atom. The lowest BCUT2D eigenvalue weighted by Crippen LogP contribution is -2.38. The van der Waals surface area contributed by atoms with Crippen molar-refractivity contribution >= 4 is 25.6 Å². The second-order valence-corrected chi connectivity index (χ2v) is 8.34. The molecule has 1 saturated carbocycles. The Morgan fingerprint density at radius 2 is 2.10 bits per heavy atom. The summed E-state index contributed by atoms with van der Waals surface area (Å²) in [5, 5.41) is 0. The van der Waals surface area contributed by atoms with E-state index in [1.807, 2.05) is 0 Å². The number of nitrogens with zero attached hydrogens (tertiary/aromatic N) is 1. The van der Waals surface area contributed by atoms with Crippen molar-refractivity contribution in [2.24, 2.45) is 5.92 Å². The molecule has 0 spiro atoms. The van der Waals surface area contributed by atoms with Gasteiger partial charge in [-0.05, 0) is 49.8 Å². The largest absolute Gasteiger partial charge is 0.335 e. The quantitative estimate of drug-likeness (QED) is 0.783. The number of amides is 1. The van der Waals surface area contributed by atoms with Gasteiger partial charge >= 0.3 is 0 Å². The van der Waals surface area contributed by atoms with Crippen LogP contribution in [0.1, 0.15) is 35.2 Å². The predicted octanol–water partition coefficient (Wildman–Crippen LogP) is 2.69. The summed E-state index contributed by atoms with van der Waals surface area (Å²) in [7, 11) is 1.23. The molecule has 0 radical (unpaired) electrons. The number of likely N-dealkylation sites (tertiary alicyclic amines) is 1. The molecule has 1 heterocycles. The monoisotopic (exact) mass is 331 g/mol. The number of hydrogen-bond acceptors (Lipinski definition) is 3. The summed E-state index contributed by atoms with van der Waals surface area (Å²) in [6.07, 6.45) is 3.07. The van der Waals surface area contributed by atoms with Crippen LogP contribution in [0.2, 0.25) is 0 Å². The molecule has 0 aromatic heterocycles. The molecule has 7 heteroatoms. The fourth-order valence-corrected chi connectivity index (χ4v) is 4.67. The molecule has 21 heavy (non-hydrogen) atoms. The van der Waals surface area contributed by atoms with E-state index in [4.69, 9.17) is 10.7 Å². The molecule has 2 atom stereocenters. The van der Waals surface area contributed by atoms with E-state index in [2.05, 4.69) is 0 Å². The summed E-state index contributed by atoms with van der Waals surface area (Å²) in [4.78, 5) is 14.0. The van der Waals surface area contributed by atoms with Crippen molar-refractivity contribution in [2.45, 2.75) is 37.1 Å². The molecule has 1 aromatic carbocycles. The molecule has 2 fully saturated rings. The Balaban J connectivity index is 2.03.